The van der Waals surface area contributed by atoms with Crippen molar-refractivity contribution in [2.24, 2.45) is 11.7 Å². The quantitative estimate of drug-likeness (QED) is 0.920. The van der Waals surface area contributed by atoms with Gasteiger partial charge in [-0.3, -0.25) is 0 Å². The first kappa shape index (κ1) is 15.1. The van der Waals surface area contributed by atoms with E-state index in [0.717, 1.165) is 0 Å². The minimum atomic E-state index is -0.319. The molecule has 2 rings (SSSR count). The zero-order valence-electron chi connectivity index (χ0n) is 11.6. The van der Waals surface area contributed by atoms with Crippen molar-refractivity contribution in [3.05, 3.63) is 34.4 Å². The number of halogens is 2. The second-order valence-corrected chi connectivity index (χ2v) is 6.06. The predicted molar refractivity (Wildman–Crippen MR) is 78.6 cm³/mol. The summed E-state index contributed by atoms with van der Waals surface area (Å²) in [5, 5.41) is 3.97. The van der Waals surface area contributed by atoms with Gasteiger partial charge in [-0.05, 0) is 47.0 Å². The summed E-state index contributed by atoms with van der Waals surface area (Å²) in [4.78, 5) is 4.40. The number of nitrogens with zero attached hydrogens (tertiary/aromatic N) is 2. The molecule has 1 heterocycles. The Bertz CT molecular complexity index is 590. The Hall–Kier alpha value is -1.27. The second-order valence-electron chi connectivity index (χ2n) is 5.21. The number of rotatable bonds is 4. The third-order valence-corrected chi connectivity index (χ3v) is 3.84. The van der Waals surface area contributed by atoms with Crippen molar-refractivity contribution >= 4 is 15.9 Å². The van der Waals surface area contributed by atoms with Gasteiger partial charge in [-0.2, -0.15) is 4.98 Å². The van der Waals surface area contributed by atoms with E-state index in [-0.39, 0.29) is 17.8 Å². The number of hydrogen-bond donors (Lipinski definition) is 1. The molecular formula is C14H17BrFN3O. The van der Waals surface area contributed by atoms with Gasteiger partial charge in [0.15, 0.2) is 0 Å². The number of benzene rings is 1. The molecular weight excluding hydrogens is 325 g/mol. The lowest BCUT2D eigenvalue weighted by Crippen LogP contribution is -2.28. The van der Waals surface area contributed by atoms with E-state index < -0.39 is 0 Å². The van der Waals surface area contributed by atoms with Crippen molar-refractivity contribution in [2.45, 2.75) is 32.7 Å². The molecule has 2 aromatic rings. The molecule has 2 atom stereocenters. The normalized spacial score (nSPS) is 14.6. The lowest BCUT2D eigenvalue weighted by Gasteiger charge is -2.20. The van der Waals surface area contributed by atoms with E-state index in [2.05, 4.69) is 39.9 Å². The minimum Gasteiger partial charge on any atom is -0.339 e. The van der Waals surface area contributed by atoms with Crippen molar-refractivity contribution in [2.75, 3.05) is 0 Å². The maximum absolute atomic E-state index is 13.1. The number of nitrogens with two attached hydrogens (primary N) is 1. The van der Waals surface area contributed by atoms with Gasteiger partial charge in [0, 0.05) is 16.1 Å². The van der Waals surface area contributed by atoms with E-state index in [1.54, 1.807) is 6.07 Å². The highest BCUT2D eigenvalue weighted by Crippen LogP contribution is 2.30. The summed E-state index contributed by atoms with van der Waals surface area (Å²) in [5.41, 5.74) is 6.67. The van der Waals surface area contributed by atoms with E-state index in [0.29, 0.717) is 27.7 Å². The van der Waals surface area contributed by atoms with Gasteiger partial charge in [-0.1, -0.05) is 19.0 Å². The molecule has 4 nitrogen and oxygen atoms in total. The third kappa shape index (κ3) is 3.07. The molecule has 1 aromatic carbocycles. The van der Waals surface area contributed by atoms with Crippen LogP contribution in [0.3, 0.4) is 0 Å². The molecule has 20 heavy (non-hydrogen) atoms. The highest BCUT2D eigenvalue weighted by atomic mass is 79.9. The van der Waals surface area contributed by atoms with Gasteiger partial charge < -0.3 is 10.3 Å². The molecule has 2 N–H and O–H groups in total. The fraction of sp³-hybridized carbons (Fsp3) is 0.429. The summed E-state index contributed by atoms with van der Waals surface area (Å²) in [6.07, 6.45) is 0. The first-order chi connectivity index (χ1) is 9.40. The third-order valence-electron chi connectivity index (χ3n) is 3.18. The fourth-order valence-corrected chi connectivity index (χ4v) is 2.80. The Morgan fingerprint density at radius 1 is 1.30 bits per heavy atom. The van der Waals surface area contributed by atoms with Gasteiger partial charge >= 0.3 is 0 Å². The van der Waals surface area contributed by atoms with Gasteiger partial charge in [-0.15, -0.1) is 0 Å². The zero-order chi connectivity index (χ0) is 14.9. The first-order valence-electron chi connectivity index (χ1n) is 6.44. The van der Waals surface area contributed by atoms with Gasteiger partial charge in [-0.25, -0.2) is 4.39 Å². The average Bonchev–Trinajstić information content (AvgIpc) is 2.76. The molecule has 108 valence electrons. The summed E-state index contributed by atoms with van der Waals surface area (Å²) < 4.78 is 19.0. The highest BCUT2D eigenvalue weighted by molar-refractivity contribution is 9.10. The summed E-state index contributed by atoms with van der Waals surface area (Å²) >= 11 is 3.30. The van der Waals surface area contributed by atoms with Crippen LogP contribution in [0.15, 0.2) is 27.2 Å². The van der Waals surface area contributed by atoms with Gasteiger partial charge in [0.25, 0.3) is 0 Å². The van der Waals surface area contributed by atoms with Crippen LogP contribution in [0.5, 0.6) is 0 Å². The van der Waals surface area contributed by atoms with Gasteiger partial charge in [0.2, 0.25) is 11.7 Å². The van der Waals surface area contributed by atoms with Gasteiger partial charge in [0.1, 0.15) is 5.82 Å². The highest BCUT2D eigenvalue weighted by Gasteiger charge is 2.26. The molecule has 0 bridgehead atoms. The standard InChI is InChI=1S/C14H17BrFN3O/c1-7(2)12(8(3)17)14-18-13(19-20-14)10-5-4-9(16)6-11(10)15/h4-8,12H,17H2,1-3H3. The van der Waals surface area contributed by atoms with E-state index in [9.17, 15) is 4.39 Å². The summed E-state index contributed by atoms with van der Waals surface area (Å²) in [6, 6.07) is 4.27. The Balaban J connectivity index is 2.37. The molecule has 0 saturated carbocycles. The van der Waals surface area contributed by atoms with Crippen molar-refractivity contribution < 1.29 is 8.91 Å². The Labute approximate surface area is 125 Å². The molecule has 6 heteroatoms. The first-order valence-corrected chi connectivity index (χ1v) is 7.24. The van der Waals surface area contributed by atoms with Gasteiger partial charge in [0.05, 0.1) is 5.92 Å². The number of hydrogen-bond acceptors (Lipinski definition) is 4. The second kappa shape index (κ2) is 6.01. The topological polar surface area (TPSA) is 64.9 Å². The Morgan fingerprint density at radius 3 is 2.55 bits per heavy atom. The minimum absolute atomic E-state index is 0.00419. The molecule has 0 amide bonds. The van der Waals surface area contributed by atoms with Crippen LogP contribution in [-0.4, -0.2) is 16.2 Å². The van der Waals surface area contributed by atoms with Crippen LogP contribution in [0, 0.1) is 11.7 Å². The van der Waals surface area contributed by atoms with Crippen LogP contribution < -0.4 is 5.73 Å². The summed E-state index contributed by atoms with van der Waals surface area (Å²) in [6.45, 7) is 6.04. The molecule has 0 aliphatic rings. The molecule has 2 unspecified atom stereocenters. The lowest BCUT2D eigenvalue weighted by molar-refractivity contribution is 0.300. The SMILES string of the molecule is CC(C)C(c1nc(-c2ccc(F)cc2Br)no1)C(C)N. The molecule has 0 fully saturated rings. The van der Waals surface area contributed by atoms with Crippen LogP contribution in [-0.2, 0) is 0 Å². The van der Waals surface area contributed by atoms with Crippen molar-refractivity contribution in [1.29, 1.82) is 0 Å². The molecule has 0 radical (unpaired) electrons. The zero-order valence-corrected chi connectivity index (χ0v) is 13.2. The predicted octanol–water partition coefficient (Wildman–Crippen LogP) is 3.73. The van der Waals surface area contributed by atoms with Crippen molar-refractivity contribution in [1.82, 2.24) is 10.1 Å². The fourth-order valence-electron chi connectivity index (χ4n) is 2.27. The van der Waals surface area contributed by atoms with Crippen LogP contribution in [0.2, 0.25) is 0 Å². The van der Waals surface area contributed by atoms with Crippen molar-refractivity contribution in [3.63, 3.8) is 0 Å². The lowest BCUT2D eigenvalue weighted by atomic mass is 9.90. The smallest absolute Gasteiger partial charge is 0.231 e. The van der Waals surface area contributed by atoms with E-state index >= 15 is 0 Å². The summed E-state index contributed by atoms with van der Waals surface area (Å²) in [7, 11) is 0. The molecule has 0 aliphatic heterocycles. The van der Waals surface area contributed by atoms with E-state index in [1.807, 2.05) is 6.92 Å². The maximum atomic E-state index is 13.1. The average molecular weight is 342 g/mol. The molecule has 0 saturated heterocycles. The molecule has 0 spiro atoms. The molecule has 1 aromatic heterocycles. The van der Waals surface area contributed by atoms with Crippen LogP contribution in [0.4, 0.5) is 4.39 Å². The van der Waals surface area contributed by atoms with Crippen LogP contribution in [0.1, 0.15) is 32.6 Å². The van der Waals surface area contributed by atoms with Crippen molar-refractivity contribution in [3.8, 4) is 11.4 Å². The van der Waals surface area contributed by atoms with Crippen LogP contribution >= 0.6 is 15.9 Å². The Kier molecular flexibility index (Phi) is 4.55. The van der Waals surface area contributed by atoms with E-state index in [4.69, 9.17) is 10.3 Å². The number of aromatic nitrogens is 2. The maximum Gasteiger partial charge on any atom is 0.231 e. The molecule has 0 aliphatic carbocycles. The largest absolute Gasteiger partial charge is 0.339 e. The van der Waals surface area contributed by atoms with E-state index in [1.165, 1.54) is 12.1 Å². The Morgan fingerprint density at radius 2 is 2.00 bits per heavy atom. The summed E-state index contributed by atoms with van der Waals surface area (Å²) in [5.74, 6) is 0.912. The monoisotopic (exact) mass is 341 g/mol. The van der Waals surface area contributed by atoms with Crippen LogP contribution in [0.25, 0.3) is 11.4 Å².